The summed E-state index contributed by atoms with van der Waals surface area (Å²) in [6.07, 6.45) is 8.58. The second kappa shape index (κ2) is 6.84. The van der Waals surface area contributed by atoms with Crippen molar-refractivity contribution in [2.75, 3.05) is 26.2 Å². The summed E-state index contributed by atoms with van der Waals surface area (Å²) in [5, 5.41) is 6.48. The van der Waals surface area contributed by atoms with Crippen LogP contribution in [0, 0.1) is 0 Å². The van der Waals surface area contributed by atoms with Gasteiger partial charge in [0.15, 0.2) is 0 Å². The first kappa shape index (κ1) is 12.7. The predicted octanol–water partition coefficient (Wildman–Crippen LogP) is 1.71. The van der Waals surface area contributed by atoms with E-state index in [1.54, 1.807) is 0 Å². The van der Waals surface area contributed by atoms with Crippen LogP contribution < -0.4 is 10.6 Å². The van der Waals surface area contributed by atoms with Crippen molar-refractivity contribution in [3.8, 4) is 0 Å². The van der Waals surface area contributed by atoms with Gasteiger partial charge in [0, 0.05) is 25.7 Å². The van der Waals surface area contributed by atoms with Gasteiger partial charge in [0.1, 0.15) is 0 Å². The normalized spacial score (nSPS) is 21.1. The fourth-order valence-electron chi connectivity index (χ4n) is 2.26. The summed E-state index contributed by atoms with van der Waals surface area (Å²) in [5.41, 5.74) is 0. The number of carbonyl (C=O) groups is 1. The van der Waals surface area contributed by atoms with Gasteiger partial charge in [-0.15, -0.1) is 0 Å². The van der Waals surface area contributed by atoms with Gasteiger partial charge >= 0.3 is 6.03 Å². The van der Waals surface area contributed by atoms with Gasteiger partial charge in [-0.1, -0.05) is 12.8 Å². The van der Waals surface area contributed by atoms with Crippen LogP contribution in [0.15, 0.2) is 0 Å². The summed E-state index contributed by atoms with van der Waals surface area (Å²) >= 11 is 0. The zero-order chi connectivity index (χ0) is 11.9. The van der Waals surface area contributed by atoms with Gasteiger partial charge < -0.3 is 15.5 Å². The molecule has 0 aromatic rings. The van der Waals surface area contributed by atoms with Crippen LogP contribution in [0.4, 0.5) is 4.79 Å². The van der Waals surface area contributed by atoms with Crippen LogP contribution in [0.1, 0.15) is 44.9 Å². The van der Waals surface area contributed by atoms with E-state index in [2.05, 4.69) is 10.6 Å². The van der Waals surface area contributed by atoms with E-state index in [1.807, 2.05) is 4.90 Å². The highest BCUT2D eigenvalue weighted by Crippen LogP contribution is 2.18. The maximum absolute atomic E-state index is 11.9. The Hall–Kier alpha value is -0.770. The third kappa shape index (κ3) is 4.94. The number of hydrogen-bond donors (Lipinski definition) is 2. The molecule has 2 fully saturated rings. The standard InChI is InChI=1S/C13H25N3O/c17-13(16-10-3-1-2-4-11-16)15-9-5-8-14-12-6-7-12/h12,14H,1-11H2,(H,15,17). The summed E-state index contributed by atoms with van der Waals surface area (Å²) in [6, 6.07) is 0.912. The smallest absolute Gasteiger partial charge is 0.317 e. The van der Waals surface area contributed by atoms with Crippen molar-refractivity contribution in [2.45, 2.75) is 51.0 Å². The van der Waals surface area contributed by atoms with Crippen LogP contribution in [0.5, 0.6) is 0 Å². The average Bonchev–Trinajstić information content (AvgIpc) is 3.15. The molecule has 2 rings (SSSR count). The molecule has 0 aromatic heterocycles. The lowest BCUT2D eigenvalue weighted by Gasteiger charge is -2.20. The van der Waals surface area contributed by atoms with E-state index in [1.165, 1.54) is 25.7 Å². The number of hydrogen-bond acceptors (Lipinski definition) is 2. The Labute approximate surface area is 104 Å². The van der Waals surface area contributed by atoms with Crippen molar-refractivity contribution < 1.29 is 4.79 Å². The molecule has 17 heavy (non-hydrogen) atoms. The molecular weight excluding hydrogens is 214 g/mol. The first-order valence-corrected chi connectivity index (χ1v) is 7.12. The predicted molar refractivity (Wildman–Crippen MR) is 69.1 cm³/mol. The second-order valence-electron chi connectivity index (χ2n) is 5.22. The van der Waals surface area contributed by atoms with Crippen molar-refractivity contribution in [2.24, 2.45) is 0 Å². The lowest BCUT2D eigenvalue weighted by Crippen LogP contribution is -2.41. The van der Waals surface area contributed by atoms with Crippen LogP contribution in [-0.2, 0) is 0 Å². The summed E-state index contributed by atoms with van der Waals surface area (Å²) < 4.78 is 0. The Morgan fingerprint density at radius 1 is 1.06 bits per heavy atom. The third-order valence-corrected chi connectivity index (χ3v) is 3.53. The minimum Gasteiger partial charge on any atom is -0.338 e. The quantitative estimate of drug-likeness (QED) is 0.717. The van der Waals surface area contributed by atoms with Crippen molar-refractivity contribution in [3.05, 3.63) is 0 Å². The van der Waals surface area contributed by atoms with E-state index in [4.69, 9.17) is 0 Å². The molecular formula is C13H25N3O. The summed E-state index contributed by atoms with van der Waals surface area (Å²) in [6.45, 7) is 3.71. The number of amides is 2. The Morgan fingerprint density at radius 2 is 1.76 bits per heavy atom. The molecule has 1 saturated heterocycles. The van der Waals surface area contributed by atoms with E-state index >= 15 is 0 Å². The number of likely N-dealkylation sites (tertiary alicyclic amines) is 1. The van der Waals surface area contributed by atoms with E-state index in [0.29, 0.717) is 0 Å². The zero-order valence-corrected chi connectivity index (χ0v) is 10.7. The fraction of sp³-hybridized carbons (Fsp3) is 0.923. The molecule has 4 nitrogen and oxygen atoms in total. The van der Waals surface area contributed by atoms with Crippen LogP contribution >= 0.6 is 0 Å². The molecule has 2 amide bonds. The van der Waals surface area contributed by atoms with E-state index in [-0.39, 0.29) is 6.03 Å². The molecule has 1 saturated carbocycles. The number of nitrogens with zero attached hydrogens (tertiary/aromatic N) is 1. The van der Waals surface area contributed by atoms with E-state index in [0.717, 1.165) is 51.5 Å². The van der Waals surface area contributed by atoms with Crippen molar-refractivity contribution in [1.29, 1.82) is 0 Å². The zero-order valence-electron chi connectivity index (χ0n) is 10.7. The van der Waals surface area contributed by atoms with Crippen molar-refractivity contribution in [1.82, 2.24) is 15.5 Å². The van der Waals surface area contributed by atoms with Gasteiger partial charge in [0.2, 0.25) is 0 Å². The van der Waals surface area contributed by atoms with Gasteiger partial charge in [-0.2, -0.15) is 0 Å². The molecule has 0 unspecified atom stereocenters. The first-order valence-electron chi connectivity index (χ1n) is 7.12. The third-order valence-electron chi connectivity index (χ3n) is 3.53. The molecule has 2 N–H and O–H groups in total. The van der Waals surface area contributed by atoms with Crippen LogP contribution in [0.25, 0.3) is 0 Å². The van der Waals surface area contributed by atoms with Gasteiger partial charge in [-0.05, 0) is 38.6 Å². The number of rotatable bonds is 5. The molecule has 0 bridgehead atoms. The minimum atomic E-state index is 0.137. The number of nitrogens with one attached hydrogen (secondary N) is 2. The fourth-order valence-corrected chi connectivity index (χ4v) is 2.26. The SMILES string of the molecule is O=C(NCCCNC1CC1)N1CCCCCC1. The van der Waals surface area contributed by atoms with E-state index < -0.39 is 0 Å². The Morgan fingerprint density at radius 3 is 2.41 bits per heavy atom. The Balaban J connectivity index is 1.52. The number of urea groups is 1. The molecule has 0 radical (unpaired) electrons. The van der Waals surface area contributed by atoms with Crippen LogP contribution in [0.2, 0.25) is 0 Å². The molecule has 0 aromatic carbocycles. The first-order chi connectivity index (χ1) is 8.36. The Bertz CT molecular complexity index is 233. The highest BCUT2D eigenvalue weighted by Gasteiger charge is 2.19. The molecule has 1 heterocycles. The van der Waals surface area contributed by atoms with Gasteiger partial charge in [-0.3, -0.25) is 0 Å². The largest absolute Gasteiger partial charge is 0.338 e. The lowest BCUT2D eigenvalue weighted by molar-refractivity contribution is 0.199. The number of carbonyl (C=O) groups excluding carboxylic acids is 1. The Kier molecular flexibility index (Phi) is 5.10. The summed E-state index contributed by atoms with van der Waals surface area (Å²) in [5.74, 6) is 0. The van der Waals surface area contributed by atoms with Gasteiger partial charge in [0.05, 0.1) is 0 Å². The maximum Gasteiger partial charge on any atom is 0.317 e. The van der Waals surface area contributed by atoms with Crippen molar-refractivity contribution in [3.63, 3.8) is 0 Å². The van der Waals surface area contributed by atoms with Crippen LogP contribution in [0.3, 0.4) is 0 Å². The summed E-state index contributed by atoms with van der Waals surface area (Å²) in [7, 11) is 0. The minimum absolute atomic E-state index is 0.137. The van der Waals surface area contributed by atoms with Gasteiger partial charge in [-0.25, -0.2) is 4.79 Å². The van der Waals surface area contributed by atoms with Crippen LogP contribution in [-0.4, -0.2) is 43.2 Å². The topological polar surface area (TPSA) is 44.4 Å². The monoisotopic (exact) mass is 239 g/mol. The molecule has 4 heteroatoms. The molecule has 0 atom stereocenters. The highest BCUT2D eigenvalue weighted by atomic mass is 16.2. The van der Waals surface area contributed by atoms with Gasteiger partial charge in [0.25, 0.3) is 0 Å². The molecule has 0 spiro atoms. The lowest BCUT2D eigenvalue weighted by atomic mass is 10.2. The molecule has 2 aliphatic rings. The molecule has 1 aliphatic heterocycles. The maximum atomic E-state index is 11.9. The second-order valence-corrected chi connectivity index (χ2v) is 5.22. The average molecular weight is 239 g/mol. The van der Waals surface area contributed by atoms with Crippen molar-refractivity contribution >= 4 is 6.03 Å². The van der Waals surface area contributed by atoms with E-state index in [9.17, 15) is 4.79 Å². The molecule has 98 valence electrons. The highest BCUT2D eigenvalue weighted by molar-refractivity contribution is 5.74. The molecule has 1 aliphatic carbocycles. The summed E-state index contributed by atoms with van der Waals surface area (Å²) in [4.78, 5) is 13.8.